The molecule has 8 nitrogen and oxygen atoms in total. The number of alkyl halides is 3. The molecule has 1 heterocycles. The van der Waals surface area contributed by atoms with Crippen LogP contribution in [-0.2, 0) is 25.2 Å². The summed E-state index contributed by atoms with van der Waals surface area (Å²) in [5, 5.41) is 13.2. The number of ether oxygens (including phenoxy) is 1. The average molecular weight is 384 g/mol. The molecule has 1 aliphatic rings. The second kappa shape index (κ2) is 6.77. The zero-order chi connectivity index (χ0) is 18.9. The highest BCUT2D eigenvalue weighted by molar-refractivity contribution is 7.85. The fourth-order valence-corrected chi connectivity index (χ4v) is 2.64. The molecule has 0 aliphatic carbocycles. The summed E-state index contributed by atoms with van der Waals surface area (Å²) in [5.41, 5.74) is -3.00. The van der Waals surface area contributed by atoms with Crippen LogP contribution in [0.4, 0.5) is 24.5 Å². The number of nitro benzene ring substituents is 1. The monoisotopic (exact) mass is 384 g/mol. The van der Waals surface area contributed by atoms with E-state index in [0.29, 0.717) is 6.07 Å². The van der Waals surface area contributed by atoms with E-state index in [2.05, 4.69) is 5.32 Å². The van der Waals surface area contributed by atoms with Crippen molar-refractivity contribution in [2.24, 2.45) is 5.41 Å². The Hall–Kier alpha value is -1.92. The molecule has 1 N–H and O–H groups in total. The second-order valence-corrected chi connectivity index (χ2v) is 7.44. The van der Waals surface area contributed by atoms with E-state index in [0.717, 1.165) is 18.4 Å². The molecular formula is C13H15F3N2O6S. The summed E-state index contributed by atoms with van der Waals surface area (Å²) in [4.78, 5) is 9.75. The lowest BCUT2D eigenvalue weighted by Crippen LogP contribution is -2.51. The molecule has 1 aromatic rings. The van der Waals surface area contributed by atoms with Gasteiger partial charge in [-0.2, -0.15) is 21.6 Å². The first kappa shape index (κ1) is 19.4. The number of nitrogens with one attached hydrogen (secondary N) is 1. The highest BCUT2D eigenvalue weighted by atomic mass is 32.2. The van der Waals surface area contributed by atoms with Gasteiger partial charge in [-0.25, -0.2) is 0 Å². The number of nitrogens with zero attached hydrogens (tertiary/aromatic N) is 1. The third kappa shape index (κ3) is 5.03. The fraction of sp³-hybridized carbons (Fsp3) is 0.538. The summed E-state index contributed by atoms with van der Waals surface area (Å²) in [5.74, 6) is 0. The third-order valence-corrected chi connectivity index (χ3v) is 4.11. The van der Waals surface area contributed by atoms with E-state index >= 15 is 0 Å². The van der Waals surface area contributed by atoms with Crippen molar-refractivity contribution >= 4 is 21.5 Å². The Morgan fingerprint density at radius 1 is 1.40 bits per heavy atom. The topological polar surface area (TPSA) is 108 Å². The van der Waals surface area contributed by atoms with Gasteiger partial charge in [0.15, 0.2) is 0 Å². The number of halogens is 3. The minimum absolute atomic E-state index is 0.0522. The van der Waals surface area contributed by atoms with Crippen LogP contribution in [0.5, 0.6) is 0 Å². The number of hydrogen-bond donors (Lipinski definition) is 1. The predicted octanol–water partition coefficient (Wildman–Crippen LogP) is 2.02. The quantitative estimate of drug-likeness (QED) is 0.435. The Bertz CT molecular complexity index is 762. The molecule has 12 heteroatoms. The highest BCUT2D eigenvalue weighted by Crippen LogP contribution is 2.38. The van der Waals surface area contributed by atoms with Crippen LogP contribution < -0.4 is 5.32 Å². The van der Waals surface area contributed by atoms with E-state index in [1.807, 2.05) is 0 Å². The predicted molar refractivity (Wildman–Crippen MR) is 80.6 cm³/mol. The van der Waals surface area contributed by atoms with E-state index in [-0.39, 0.29) is 32.1 Å². The van der Waals surface area contributed by atoms with Gasteiger partial charge in [-0.15, -0.1) is 0 Å². The van der Waals surface area contributed by atoms with Gasteiger partial charge in [0.1, 0.15) is 0 Å². The minimum Gasteiger partial charge on any atom is -0.384 e. The lowest BCUT2D eigenvalue weighted by Gasteiger charge is -2.41. The summed E-state index contributed by atoms with van der Waals surface area (Å²) in [6, 6.07) is 2.36. The molecule has 0 unspecified atom stereocenters. The molecule has 0 bridgehead atoms. The van der Waals surface area contributed by atoms with Gasteiger partial charge in [0.25, 0.3) is 15.8 Å². The first-order valence-electron chi connectivity index (χ1n) is 6.94. The van der Waals surface area contributed by atoms with Crippen LogP contribution in [0.2, 0.25) is 0 Å². The largest absolute Gasteiger partial charge is 0.418 e. The highest BCUT2D eigenvalue weighted by Gasteiger charge is 2.41. The maximum Gasteiger partial charge on any atom is 0.418 e. The zero-order valence-electron chi connectivity index (χ0n) is 13.0. The maximum absolute atomic E-state index is 13.1. The molecule has 1 saturated heterocycles. The Morgan fingerprint density at radius 3 is 2.48 bits per heavy atom. The Labute approximate surface area is 141 Å². The molecule has 0 amide bonds. The smallest absolute Gasteiger partial charge is 0.384 e. The summed E-state index contributed by atoms with van der Waals surface area (Å²) < 4.78 is 71.3. The van der Waals surface area contributed by atoms with E-state index in [9.17, 15) is 31.7 Å². The Kier molecular flexibility index (Phi) is 5.25. The van der Waals surface area contributed by atoms with Crippen LogP contribution in [-0.4, -0.2) is 46.0 Å². The fourth-order valence-electron chi connectivity index (χ4n) is 2.18. The molecule has 0 spiro atoms. The molecule has 1 aliphatic heterocycles. The average Bonchev–Trinajstić information content (AvgIpc) is 2.43. The van der Waals surface area contributed by atoms with Crippen molar-refractivity contribution in [1.29, 1.82) is 0 Å². The molecule has 0 atom stereocenters. The molecule has 0 saturated carbocycles. The molecule has 2 rings (SSSR count). The zero-order valence-corrected chi connectivity index (χ0v) is 13.8. The third-order valence-electron chi connectivity index (χ3n) is 3.57. The van der Waals surface area contributed by atoms with Gasteiger partial charge < -0.3 is 10.1 Å². The van der Waals surface area contributed by atoms with Crippen molar-refractivity contribution in [1.82, 2.24) is 0 Å². The molecule has 140 valence electrons. The van der Waals surface area contributed by atoms with Crippen molar-refractivity contribution < 1.29 is 35.4 Å². The summed E-state index contributed by atoms with van der Waals surface area (Å²) in [6.45, 7) is -0.0652. The summed E-state index contributed by atoms with van der Waals surface area (Å²) in [7, 11) is -3.70. The standard InChI is InChI=1S/C13H15F3N2O6S/c1-25(21,22)24-8-12(6-23-7-12)5-17-11-3-2-9(18(19)20)4-10(11)13(14,15)16/h2-4,17H,5-8H2,1H3. The number of benzene rings is 1. The van der Waals surface area contributed by atoms with Crippen LogP contribution in [0.1, 0.15) is 5.56 Å². The Balaban J connectivity index is 2.17. The number of anilines is 1. The van der Waals surface area contributed by atoms with Crippen LogP contribution in [0.15, 0.2) is 18.2 Å². The number of non-ortho nitro benzene ring substituents is 1. The van der Waals surface area contributed by atoms with Crippen molar-refractivity contribution in [3.05, 3.63) is 33.9 Å². The minimum atomic E-state index is -4.79. The van der Waals surface area contributed by atoms with E-state index < -0.39 is 37.9 Å². The second-order valence-electron chi connectivity index (χ2n) is 5.80. The van der Waals surface area contributed by atoms with Crippen molar-refractivity contribution in [3.8, 4) is 0 Å². The lowest BCUT2D eigenvalue weighted by atomic mass is 9.87. The van der Waals surface area contributed by atoms with Gasteiger partial charge in [0, 0.05) is 24.4 Å². The molecular weight excluding hydrogens is 369 g/mol. The molecule has 0 radical (unpaired) electrons. The molecule has 1 fully saturated rings. The van der Waals surface area contributed by atoms with Gasteiger partial charge in [-0.1, -0.05) is 0 Å². The first-order chi connectivity index (χ1) is 11.4. The SMILES string of the molecule is CS(=O)(=O)OCC1(CNc2ccc([N+](=O)[O-])cc2C(F)(F)F)COC1. The molecule has 25 heavy (non-hydrogen) atoms. The van der Waals surface area contributed by atoms with Gasteiger partial charge >= 0.3 is 6.18 Å². The van der Waals surface area contributed by atoms with Crippen LogP contribution in [0.25, 0.3) is 0 Å². The van der Waals surface area contributed by atoms with Gasteiger partial charge in [0.2, 0.25) is 0 Å². The van der Waals surface area contributed by atoms with Crippen molar-refractivity contribution in [2.75, 3.05) is 37.9 Å². The number of hydrogen-bond acceptors (Lipinski definition) is 7. The maximum atomic E-state index is 13.1. The summed E-state index contributed by atoms with van der Waals surface area (Å²) >= 11 is 0. The van der Waals surface area contributed by atoms with Crippen LogP contribution in [0, 0.1) is 15.5 Å². The number of nitro groups is 1. The summed E-state index contributed by atoms with van der Waals surface area (Å²) in [6.07, 6.45) is -3.92. The molecule has 0 aromatic heterocycles. The van der Waals surface area contributed by atoms with Crippen molar-refractivity contribution in [2.45, 2.75) is 6.18 Å². The Morgan fingerprint density at radius 2 is 2.04 bits per heavy atom. The van der Waals surface area contributed by atoms with E-state index in [1.165, 1.54) is 0 Å². The number of rotatable bonds is 7. The normalized spacial score (nSPS) is 17.0. The first-order valence-corrected chi connectivity index (χ1v) is 8.75. The van der Waals surface area contributed by atoms with Crippen LogP contribution in [0.3, 0.4) is 0 Å². The van der Waals surface area contributed by atoms with Crippen molar-refractivity contribution in [3.63, 3.8) is 0 Å². The van der Waals surface area contributed by atoms with E-state index in [4.69, 9.17) is 8.92 Å². The van der Waals surface area contributed by atoms with Crippen LogP contribution >= 0.6 is 0 Å². The van der Waals surface area contributed by atoms with Gasteiger partial charge in [-0.05, 0) is 6.07 Å². The van der Waals surface area contributed by atoms with Gasteiger partial charge in [0.05, 0.1) is 42.0 Å². The van der Waals surface area contributed by atoms with E-state index in [1.54, 1.807) is 0 Å². The lowest BCUT2D eigenvalue weighted by molar-refractivity contribution is -0.385. The van der Waals surface area contributed by atoms with Gasteiger partial charge in [-0.3, -0.25) is 14.3 Å². The molecule has 1 aromatic carbocycles.